The molecule has 5 heteroatoms. The summed E-state index contributed by atoms with van der Waals surface area (Å²) in [5.41, 5.74) is 6.66. The molecular formula is C11H14BrN3O. The van der Waals surface area contributed by atoms with Crippen LogP contribution in [0.4, 0.5) is 5.82 Å². The van der Waals surface area contributed by atoms with E-state index in [1.54, 1.807) is 11.1 Å². The maximum absolute atomic E-state index is 11.8. The molecule has 1 atom stereocenters. The van der Waals surface area contributed by atoms with E-state index in [4.69, 9.17) is 5.73 Å². The van der Waals surface area contributed by atoms with Crippen molar-refractivity contribution in [2.24, 2.45) is 11.7 Å². The van der Waals surface area contributed by atoms with Gasteiger partial charge in [0.05, 0.1) is 0 Å². The highest BCUT2D eigenvalue weighted by molar-refractivity contribution is 9.10. The highest BCUT2D eigenvalue weighted by Gasteiger charge is 2.30. The average Bonchev–Trinajstić information content (AvgIpc) is 2.64. The molecule has 4 nitrogen and oxygen atoms in total. The molecule has 86 valence electrons. The molecule has 0 radical (unpaired) electrons. The highest BCUT2D eigenvalue weighted by Crippen LogP contribution is 2.25. The zero-order valence-electron chi connectivity index (χ0n) is 9.11. The fourth-order valence-electron chi connectivity index (χ4n) is 1.83. The van der Waals surface area contributed by atoms with Crippen molar-refractivity contribution in [3.63, 3.8) is 0 Å². The van der Waals surface area contributed by atoms with Gasteiger partial charge in [0.1, 0.15) is 5.82 Å². The Hall–Kier alpha value is -0.940. The molecule has 2 heterocycles. The zero-order chi connectivity index (χ0) is 11.7. The monoisotopic (exact) mass is 283 g/mol. The number of amides is 1. The van der Waals surface area contributed by atoms with E-state index in [1.807, 2.05) is 13.0 Å². The summed E-state index contributed by atoms with van der Waals surface area (Å²) in [4.78, 5) is 17.7. The minimum atomic E-state index is 0.115. The van der Waals surface area contributed by atoms with Crippen LogP contribution in [-0.4, -0.2) is 24.0 Å². The van der Waals surface area contributed by atoms with Crippen molar-refractivity contribution in [2.75, 3.05) is 18.0 Å². The van der Waals surface area contributed by atoms with E-state index in [9.17, 15) is 4.79 Å². The number of aryl methyl sites for hydroxylation is 1. The summed E-state index contributed by atoms with van der Waals surface area (Å²) in [6.45, 7) is 3.22. The van der Waals surface area contributed by atoms with Crippen molar-refractivity contribution >= 4 is 27.7 Å². The second-order valence-electron chi connectivity index (χ2n) is 4.10. The fraction of sp³-hybridized carbons (Fsp3) is 0.455. The lowest BCUT2D eigenvalue weighted by Crippen LogP contribution is -2.26. The second kappa shape index (κ2) is 4.51. The van der Waals surface area contributed by atoms with E-state index in [0.717, 1.165) is 15.9 Å². The number of rotatable bonds is 2. The first-order chi connectivity index (χ1) is 7.61. The maximum Gasteiger partial charge on any atom is 0.228 e. The molecule has 16 heavy (non-hydrogen) atoms. The highest BCUT2D eigenvalue weighted by atomic mass is 79.9. The van der Waals surface area contributed by atoms with Crippen molar-refractivity contribution < 1.29 is 4.79 Å². The van der Waals surface area contributed by atoms with Crippen molar-refractivity contribution in [3.8, 4) is 0 Å². The third kappa shape index (κ3) is 2.10. The van der Waals surface area contributed by atoms with Crippen molar-refractivity contribution in [1.82, 2.24) is 4.98 Å². The van der Waals surface area contributed by atoms with Crippen molar-refractivity contribution in [3.05, 3.63) is 22.3 Å². The average molecular weight is 284 g/mol. The van der Waals surface area contributed by atoms with Gasteiger partial charge in [-0.05, 0) is 46.9 Å². The Morgan fingerprint density at radius 2 is 2.44 bits per heavy atom. The smallest absolute Gasteiger partial charge is 0.228 e. The summed E-state index contributed by atoms with van der Waals surface area (Å²) in [5, 5.41) is 0. The van der Waals surface area contributed by atoms with E-state index >= 15 is 0 Å². The molecule has 1 saturated heterocycles. The zero-order valence-corrected chi connectivity index (χ0v) is 10.7. The summed E-state index contributed by atoms with van der Waals surface area (Å²) in [5.74, 6) is 1.10. The van der Waals surface area contributed by atoms with Crippen LogP contribution in [0.25, 0.3) is 0 Å². The molecule has 1 unspecified atom stereocenters. The Labute approximate surface area is 103 Å². The minimum absolute atomic E-state index is 0.115. The summed E-state index contributed by atoms with van der Waals surface area (Å²) in [6.07, 6.45) is 2.26. The summed E-state index contributed by atoms with van der Waals surface area (Å²) >= 11 is 3.39. The van der Waals surface area contributed by atoms with Crippen molar-refractivity contribution in [1.29, 1.82) is 0 Å². The Kier molecular flexibility index (Phi) is 3.25. The van der Waals surface area contributed by atoms with E-state index in [2.05, 4.69) is 20.9 Å². The van der Waals surface area contributed by atoms with Gasteiger partial charge in [-0.15, -0.1) is 0 Å². The lowest BCUT2D eigenvalue weighted by Gasteiger charge is -2.16. The van der Waals surface area contributed by atoms with Gasteiger partial charge >= 0.3 is 0 Å². The summed E-state index contributed by atoms with van der Waals surface area (Å²) in [6, 6.07) is 1.92. The van der Waals surface area contributed by atoms with Crippen LogP contribution in [-0.2, 0) is 4.79 Å². The molecule has 0 saturated carbocycles. The molecule has 1 aromatic rings. The molecule has 0 bridgehead atoms. The lowest BCUT2D eigenvalue weighted by atomic mass is 10.1. The first kappa shape index (κ1) is 11.5. The quantitative estimate of drug-likeness (QED) is 0.894. The van der Waals surface area contributed by atoms with Gasteiger partial charge in [0.15, 0.2) is 0 Å². The van der Waals surface area contributed by atoms with Gasteiger partial charge in [0, 0.05) is 23.6 Å². The van der Waals surface area contributed by atoms with Crippen LogP contribution < -0.4 is 10.6 Å². The van der Waals surface area contributed by atoms with E-state index in [1.165, 1.54) is 0 Å². The number of carbonyl (C=O) groups excluding carboxylic acids is 1. The molecule has 1 amide bonds. The van der Waals surface area contributed by atoms with Crippen LogP contribution in [0.2, 0.25) is 0 Å². The Balaban J connectivity index is 2.24. The number of anilines is 1. The third-order valence-electron chi connectivity index (χ3n) is 2.85. The van der Waals surface area contributed by atoms with Gasteiger partial charge in [-0.25, -0.2) is 4.98 Å². The number of carbonyl (C=O) groups is 1. The van der Waals surface area contributed by atoms with Crippen LogP contribution in [0, 0.1) is 12.8 Å². The number of hydrogen-bond acceptors (Lipinski definition) is 3. The molecule has 0 aromatic carbocycles. The van der Waals surface area contributed by atoms with Gasteiger partial charge in [-0.2, -0.15) is 0 Å². The minimum Gasteiger partial charge on any atom is -0.330 e. The molecule has 2 N–H and O–H groups in total. The first-order valence-corrected chi connectivity index (χ1v) is 6.03. The Morgan fingerprint density at radius 3 is 3.00 bits per heavy atom. The number of pyridine rings is 1. The molecule has 0 spiro atoms. The molecular weight excluding hydrogens is 270 g/mol. The number of nitrogens with two attached hydrogens (primary N) is 1. The SMILES string of the molecule is Cc1cc(N2CC(CN)CC2=O)ncc1Br. The van der Waals surface area contributed by atoms with Gasteiger partial charge < -0.3 is 5.73 Å². The first-order valence-electron chi connectivity index (χ1n) is 5.24. The fourth-order valence-corrected chi connectivity index (χ4v) is 2.05. The number of hydrogen-bond donors (Lipinski definition) is 1. The molecule has 1 aliphatic heterocycles. The van der Waals surface area contributed by atoms with Gasteiger partial charge in [0.2, 0.25) is 5.91 Å². The molecule has 1 aromatic heterocycles. The number of nitrogens with zero attached hydrogens (tertiary/aromatic N) is 2. The van der Waals surface area contributed by atoms with E-state index < -0.39 is 0 Å². The topological polar surface area (TPSA) is 59.2 Å². The number of halogens is 1. The standard InChI is InChI=1S/C11H14BrN3O/c1-7-2-10(14-5-9(7)12)15-6-8(4-13)3-11(15)16/h2,5,8H,3-4,6,13H2,1H3. The third-order valence-corrected chi connectivity index (χ3v) is 3.68. The largest absolute Gasteiger partial charge is 0.330 e. The molecule has 1 fully saturated rings. The van der Waals surface area contributed by atoms with Gasteiger partial charge in [-0.1, -0.05) is 0 Å². The van der Waals surface area contributed by atoms with Crippen LogP contribution in [0.15, 0.2) is 16.7 Å². The van der Waals surface area contributed by atoms with E-state index in [-0.39, 0.29) is 11.8 Å². The lowest BCUT2D eigenvalue weighted by molar-refractivity contribution is -0.117. The van der Waals surface area contributed by atoms with Crippen LogP contribution in [0.5, 0.6) is 0 Å². The molecule has 0 aliphatic carbocycles. The summed E-state index contributed by atoms with van der Waals surface area (Å²) < 4.78 is 0.957. The van der Waals surface area contributed by atoms with Crippen LogP contribution in [0.3, 0.4) is 0 Å². The second-order valence-corrected chi connectivity index (χ2v) is 4.96. The van der Waals surface area contributed by atoms with Gasteiger partial charge in [-0.3, -0.25) is 9.69 Å². The predicted octanol–water partition coefficient (Wildman–Crippen LogP) is 1.46. The van der Waals surface area contributed by atoms with Crippen molar-refractivity contribution in [2.45, 2.75) is 13.3 Å². The molecule has 2 rings (SSSR count). The van der Waals surface area contributed by atoms with E-state index in [0.29, 0.717) is 19.5 Å². The Bertz CT molecular complexity index is 422. The van der Waals surface area contributed by atoms with Crippen LogP contribution >= 0.6 is 15.9 Å². The van der Waals surface area contributed by atoms with Crippen LogP contribution in [0.1, 0.15) is 12.0 Å². The normalized spacial score (nSPS) is 20.6. The predicted molar refractivity (Wildman–Crippen MR) is 66.2 cm³/mol. The number of aromatic nitrogens is 1. The Morgan fingerprint density at radius 1 is 1.69 bits per heavy atom. The maximum atomic E-state index is 11.8. The van der Waals surface area contributed by atoms with Gasteiger partial charge in [0.25, 0.3) is 0 Å². The summed E-state index contributed by atoms with van der Waals surface area (Å²) in [7, 11) is 0. The molecule has 1 aliphatic rings.